The van der Waals surface area contributed by atoms with Gasteiger partial charge in [0.25, 0.3) is 5.91 Å². The minimum Gasteiger partial charge on any atom is -0.397 e. The minimum atomic E-state index is -0.572. The molecule has 5 nitrogen and oxygen atoms in total. The van der Waals surface area contributed by atoms with Crippen molar-refractivity contribution >= 4 is 40.4 Å². The van der Waals surface area contributed by atoms with Crippen LogP contribution in [0.15, 0.2) is 24.4 Å². The molecule has 0 aliphatic heterocycles. The molecular weight excluding hydrogens is 272 g/mol. The Labute approximate surface area is 113 Å². The van der Waals surface area contributed by atoms with Crippen molar-refractivity contribution in [3.05, 3.63) is 39.2 Å². The van der Waals surface area contributed by atoms with Crippen LogP contribution in [0.5, 0.6) is 0 Å². The maximum Gasteiger partial charge on any atom is 0.250 e. The van der Waals surface area contributed by atoms with Crippen LogP contribution in [0.1, 0.15) is 15.2 Å². The molecule has 0 bridgehead atoms. The number of pyridine rings is 1. The van der Waals surface area contributed by atoms with E-state index in [0.717, 1.165) is 9.21 Å². The minimum absolute atomic E-state index is 0.261. The molecule has 0 fully saturated rings. The summed E-state index contributed by atoms with van der Waals surface area (Å²) in [5, 5.41) is 3.07. The Morgan fingerprint density at radius 1 is 1.50 bits per heavy atom. The lowest BCUT2D eigenvalue weighted by molar-refractivity contribution is 0.100. The second kappa shape index (κ2) is 5.24. The van der Waals surface area contributed by atoms with E-state index in [2.05, 4.69) is 10.3 Å². The Kier molecular flexibility index (Phi) is 3.69. The van der Waals surface area contributed by atoms with Crippen LogP contribution in [0, 0.1) is 0 Å². The number of thiophene rings is 1. The predicted molar refractivity (Wildman–Crippen MR) is 73.8 cm³/mol. The summed E-state index contributed by atoms with van der Waals surface area (Å²) in [7, 11) is 0. The molecule has 2 aromatic heterocycles. The number of anilines is 2. The van der Waals surface area contributed by atoms with Gasteiger partial charge < -0.3 is 16.8 Å². The molecule has 0 saturated heterocycles. The highest BCUT2D eigenvalue weighted by molar-refractivity contribution is 7.16. The van der Waals surface area contributed by atoms with Crippen molar-refractivity contribution < 1.29 is 4.79 Å². The molecule has 0 saturated carbocycles. The molecule has 0 aromatic carbocycles. The lowest BCUT2D eigenvalue weighted by atomic mass is 10.2. The van der Waals surface area contributed by atoms with E-state index in [1.807, 2.05) is 12.1 Å². The van der Waals surface area contributed by atoms with Gasteiger partial charge in [-0.05, 0) is 18.2 Å². The average molecular weight is 283 g/mol. The molecule has 0 aliphatic rings. The Morgan fingerprint density at radius 2 is 2.28 bits per heavy atom. The molecule has 2 rings (SSSR count). The number of rotatable bonds is 4. The number of halogens is 1. The van der Waals surface area contributed by atoms with E-state index in [1.54, 1.807) is 0 Å². The maximum absolute atomic E-state index is 11.1. The van der Waals surface area contributed by atoms with E-state index < -0.39 is 5.91 Å². The predicted octanol–water partition coefficient (Wildman–Crippen LogP) is 2.09. The largest absolute Gasteiger partial charge is 0.397 e. The van der Waals surface area contributed by atoms with Crippen molar-refractivity contribution in [3.8, 4) is 0 Å². The number of nitrogens with two attached hydrogens (primary N) is 2. The molecule has 0 aliphatic carbocycles. The molecule has 18 heavy (non-hydrogen) atoms. The van der Waals surface area contributed by atoms with Gasteiger partial charge in [-0.15, -0.1) is 11.3 Å². The Hall–Kier alpha value is -1.79. The first kappa shape index (κ1) is 12.7. The number of amides is 1. The lowest BCUT2D eigenvalue weighted by Gasteiger charge is -2.06. The number of primary amides is 1. The molecular formula is C11H11ClN4OS. The van der Waals surface area contributed by atoms with Crippen molar-refractivity contribution in [1.29, 1.82) is 0 Å². The average Bonchev–Trinajstić information content (AvgIpc) is 2.74. The summed E-state index contributed by atoms with van der Waals surface area (Å²) in [6.07, 6.45) is 1.41. The zero-order valence-electron chi connectivity index (χ0n) is 9.31. The van der Waals surface area contributed by atoms with E-state index in [4.69, 9.17) is 23.1 Å². The van der Waals surface area contributed by atoms with Gasteiger partial charge >= 0.3 is 0 Å². The zero-order chi connectivity index (χ0) is 13.1. The van der Waals surface area contributed by atoms with Crippen molar-refractivity contribution in [2.75, 3.05) is 11.1 Å². The molecule has 0 unspecified atom stereocenters. The standard InChI is InChI=1S/C11H11ClN4OS/c12-9-2-1-6(18-9)4-15-10-3-7(11(14)17)8(13)5-16-10/h1-3,5H,4,13H2,(H2,14,17)(H,15,16). The number of nitrogens with zero attached hydrogens (tertiary/aromatic N) is 1. The molecule has 2 heterocycles. The number of hydrogen-bond donors (Lipinski definition) is 3. The quantitative estimate of drug-likeness (QED) is 0.800. The number of nitrogens with one attached hydrogen (secondary N) is 1. The summed E-state index contributed by atoms with van der Waals surface area (Å²) in [6.45, 7) is 0.576. The number of carbonyl (C=O) groups excluding carboxylic acids is 1. The van der Waals surface area contributed by atoms with Crippen molar-refractivity contribution in [2.24, 2.45) is 5.73 Å². The van der Waals surface area contributed by atoms with Gasteiger partial charge in [0.05, 0.1) is 28.3 Å². The van der Waals surface area contributed by atoms with Crippen LogP contribution in [0.25, 0.3) is 0 Å². The third kappa shape index (κ3) is 2.91. The normalized spacial score (nSPS) is 10.3. The highest BCUT2D eigenvalue weighted by Crippen LogP contribution is 2.22. The third-order valence-electron chi connectivity index (χ3n) is 2.27. The van der Waals surface area contributed by atoms with Gasteiger partial charge in [0.1, 0.15) is 5.82 Å². The van der Waals surface area contributed by atoms with Gasteiger partial charge in [-0.1, -0.05) is 11.6 Å². The summed E-state index contributed by atoms with van der Waals surface area (Å²) >= 11 is 7.31. The summed E-state index contributed by atoms with van der Waals surface area (Å²) in [5.74, 6) is -0.0281. The smallest absolute Gasteiger partial charge is 0.250 e. The van der Waals surface area contributed by atoms with E-state index in [0.29, 0.717) is 12.4 Å². The van der Waals surface area contributed by atoms with Gasteiger partial charge in [0.15, 0.2) is 0 Å². The van der Waals surface area contributed by atoms with Gasteiger partial charge in [-0.2, -0.15) is 0 Å². The summed E-state index contributed by atoms with van der Waals surface area (Å²) < 4.78 is 0.731. The second-order valence-corrected chi connectivity index (χ2v) is 5.38. The first-order valence-corrected chi connectivity index (χ1v) is 6.29. The lowest BCUT2D eigenvalue weighted by Crippen LogP contribution is -2.14. The highest BCUT2D eigenvalue weighted by Gasteiger charge is 2.07. The number of nitrogen functional groups attached to an aromatic ring is 1. The zero-order valence-corrected chi connectivity index (χ0v) is 10.9. The number of carbonyl (C=O) groups is 1. The fourth-order valence-corrected chi connectivity index (χ4v) is 2.43. The van der Waals surface area contributed by atoms with Gasteiger partial charge in [-0.25, -0.2) is 4.98 Å². The van der Waals surface area contributed by atoms with Crippen LogP contribution >= 0.6 is 22.9 Å². The van der Waals surface area contributed by atoms with Crippen LogP contribution < -0.4 is 16.8 Å². The first-order chi connectivity index (χ1) is 8.56. The summed E-state index contributed by atoms with van der Waals surface area (Å²) in [6, 6.07) is 5.29. The topological polar surface area (TPSA) is 94.0 Å². The van der Waals surface area contributed by atoms with E-state index in [9.17, 15) is 4.79 Å². The molecule has 1 amide bonds. The van der Waals surface area contributed by atoms with Crippen molar-refractivity contribution in [2.45, 2.75) is 6.54 Å². The first-order valence-electron chi connectivity index (χ1n) is 5.09. The maximum atomic E-state index is 11.1. The molecule has 2 aromatic rings. The van der Waals surface area contributed by atoms with Crippen LogP contribution in [0.2, 0.25) is 4.34 Å². The summed E-state index contributed by atoms with van der Waals surface area (Å²) in [4.78, 5) is 16.3. The van der Waals surface area contributed by atoms with Crippen molar-refractivity contribution in [3.63, 3.8) is 0 Å². The Balaban J connectivity index is 2.10. The molecule has 0 radical (unpaired) electrons. The van der Waals surface area contributed by atoms with E-state index >= 15 is 0 Å². The van der Waals surface area contributed by atoms with Crippen molar-refractivity contribution in [1.82, 2.24) is 4.98 Å². The van der Waals surface area contributed by atoms with Crippen LogP contribution in [0.4, 0.5) is 11.5 Å². The molecule has 94 valence electrons. The van der Waals surface area contributed by atoms with Crippen LogP contribution in [-0.4, -0.2) is 10.9 Å². The molecule has 0 atom stereocenters. The Morgan fingerprint density at radius 3 is 2.89 bits per heavy atom. The van der Waals surface area contributed by atoms with Gasteiger partial charge in [-0.3, -0.25) is 4.79 Å². The van der Waals surface area contributed by atoms with Gasteiger partial charge in [0, 0.05) is 4.88 Å². The Bertz CT molecular complexity index is 584. The monoisotopic (exact) mass is 282 g/mol. The molecule has 0 spiro atoms. The van der Waals surface area contributed by atoms with E-state index in [1.165, 1.54) is 23.6 Å². The molecule has 7 heteroatoms. The third-order valence-corrected chi connectivity index (χ3v) is 3.50. The fraction of sp³-hybridized carbons (Fsp3) is 0.0909. The molecule has 5 N–H and O–H groups in total. The SMILES string of the molecule is NC(=O)c1cc(NCc2ccc(Cl)s2)ncc1N. The van der Waals surface area contributed by atoms with Crippen LogP contribution in [0.3, 0.4) is 0 Å². The number of hydrogen-bond acceptors (Lipinski definition) is 5. The number of aromatic nitrogens is 1. The van der Waals surface area contributed by atoms with Crippen LogP contribution in [-0.2, 0) is 6.54 Å². The fourth-order valence-electron chi connectivity index (χ4n) is 1.40. The van der Waals surface area contributed by atoms with Gasteiger partial charge in [0.2, 0.25) is 0 Å². The highest BCUT2D eigenvalue weighted by atomic mass is 35.5. The summed E-state index contributed by atoms with van der Waals surface area (Å²) in [5.41, 5.74) is 11.3. The van der Waals surface area contributed by atoms with E-state index in [-0.39, 0.29) is 11.3 Å². The second-order valence-electron chi connectivity index (χ2n) is 3.58.